The van der Waals surface area contributed by atoms with E-state index in [0.717, 1.165) is 11.4 Å². The number of halogens is 1. The average molecular weight is 255 g/mol. The van der Waals surface area contributed by atoms with Gasteiger partial charge in [-0.25, -0.2) is 4.79 Å². The van der Waals surface area contributed by atoms with E-state index in [1.165, 1.54) is 10.7 Å². The molecule has 0 fully saturated rings. The van der Waals surface area contributed by atoms with Crippen LogP contribution >= 0.6 is 11.6 Å². The molecule has 0 aliphatic rings. The molecule has 0 aromatic carbocycles. The second-order valence-electron chi connectivity index (χ2n) is 3.67. The number of rotatable bonds is 3. The zero-order valence-corrected chi connectivity index (χ0v) is 10.1. The molecule has 0 aliphatic heterocycles. The van der Waals surface area contributed by atoms with Gasteiger partial charge in [0.15, 0.2) is 5.69 Å². The first-order chi connectivity index (χ1) is 7.99. The van der Waals surface area contributed by atoms with Gasteiger partial charge in [-0.15, -0.1) is 0 Å². The summed E-state index contributed by atoms with van der Waals surface area (Å²) in [7, 11) is 1.79. The molecule has 0 bridgehead atoms. The van der Waals surface area contributed by atoms with Gasteiger partial charge in [0.2, 0.25) is 0 Å². The Morgan fingerprint density at radius 1 is 1.53 bits per heavy atom. The third-order valence-corrected chi connectivity index (χ3v) is 2.92. The van der Waals surface area contributed by atoms with Crippen LogP contribution in [0.2, 0.25) is 5.02 Å². The smallest absolute Gasteiger partial charge is 0.356 e. The molecule has 1 N–H and O–H groups in total. The fourth-order valence-electron chi connectivity index (χ4n) is 1.57. The third-order valence-electron chi connectivity index (χ3n) is 2.43. The van der Waals surface area contributed by atoms with Crippen molar-refractivity contribution in [2.45, 2.75) is 13.5 Å². The standard InChI is InChI=1S/C10H11ClN4O2/c1-6-9(11)8(14(2)12-6)5-15-4-3-7(13-15)10(16)17/h3-4H,5H2,1-2H3,(H,16,17). The second kappa shape index (κ2) is 4.21. The monoisotopic (exact) mass is 254 g/mol. The Kier molecular flexibility index (Phi) is 2.89. The number of aromatic carboxylic acids is 1. The van der Waals surface area contributed by atoms with Gasteiger partial charge < -0.3 is 5.11 Å². The van der Waals surface area contributed by atoms with Crippen LogP contribution in [0, 0.1) is 6.92 Å². The summed E-state index contributed by atoms with van der Waals surface area (Å²) in [6.07, 6.45) is 1.60. The normalized spacial score (nSPS) is 10.8. The van der Waals surface area contributed by atoms with E-state index in [2.05, 4.69) is 10.2 Å². The first-order valence-corrected chi connectivity index (χ1v) is 5.31. The summed E-state index contributed by atoms with van der Waals surface area (Å²) >= 11 is 6.09. The minimum atomic E-state index is -1.05. The first kappa shape index (κ1) is 11.7. The number of carboxylic acid groups (broad SMARTS) is 1. The number of hydrogen-bond acceptors (Lipinski definition) is 3. The number of aromatic nitrogens is 4. The Hall–Kier alpha value is -1.82. The van der Waals surface area contributed by atoms with Gasteiger partial charge in [-0.05, 0) is 13.0 Å². The van der Waals surface area contributed by atoms with Gasteiger partial charge in [0.1, 0.15) is 0 Å². The Labute approximate surface area is 102 Å². The molecule has 2 rings (SSSR count). The molecule has 0 atom stereocenters. The van der Waals surface area contributed by atoms with Crippen LogP contribution in [-0.2, 0) is 13.6 Å². The van der Waals surface area contributed by atoms with E-state index in [1.807, 2.05) is 6.92 Å². The Morgan fingerprint density at radius 3 is 2.71 bits per heavy atom. The van der Waals surface area contributed by atoms with Gasteiger partial charge in [-0.2, -0.15) is 10.2 Å². The highest BCUT2D eigenvalue weighted by molar-refractivity contribution is 6.31. The maximum absolute atomic E-state index is 10.7. The molecule has 0 amide bonds. The van der Waals surface area contributed by atoms with Gasteiger partial charge in [0.05, 0.1) is 23.0 Å². The van der Waals surface area contributed by atoms with Crippen LogP contribution in [0.1, 0.15) is 21.9 Å². The van der Waals surface area contributed by atoms with Crippen molar-refractivity contribution >= 4 is 17.6 Å². The van der Waals surface area contributed by atoms with E-state index in [4.69, 9.17) is 16.7 Å². The lowest BCUT2D eigenvalue weighted by Gasteiger charge is -2.02. The van der Waals surface area contributed by atoms with Crippen molar-refractivity contribution in [1.29, 1.82) is 0 Å². The summed E-state index contributed by atoms with van der Waals surface area (Å²) in [5.41, 5.74) is 1.55. The Morgan fingerprint density at radius 2 is 2.24 bits per heavy atom. The molecule has 0 aliphatic carbocycles. The van der Waals surface area contributed by atoms with Gasteiger partial charge in [-0.3, -0.25) is 9.36 Å². The molecule has 0 saturated heterocycles. The van der Waals surface area contributed by atoms with E-state index < -0.39 is 5.97 Å². The molecule has 0 radical (unpaired) electrons. The van der Waals surface area contributed by atoms with Gasteiger partial charge in [0.25, 0.3) is 0 Å². The molecule has 17 heavy (non-hydrogen) atoms. The zero-order chi connectivity index (χ0) is 12.6. The van der Waals surface area contributed by atoms with Crippen molar-refractivity contribution in [3.05, 3.63) is 34.4 Å². The highest BCUT2D eigenvalue weighted by Crippen LogP contribution is 2.20. The van der Waals surface area contributed by atoms with E-state index in [9.17, 15) is 4.79 Å². The van der Waals surface area contributed by atoms with Crippen LogP contribution in [0.3, 0.4) is 0 Å². The lowest BCUT2D eigenvalue weighted by Crippen LogP contribution is -2.08. The van der Waals surface area contributed by atoms with Gasteiger partial charge in [-0.1, -0.05) is 11.6 Å². The van der Waals surface area contributed by atoms with Crippen molar-refractivity contribution in [2.75, 3.05) is 0 Å². The summed E-state index contributed by atoms with van der Waals surface area (Å²) in [5, 5.41) is 17.4. The molecule has 6 nitrogen and oxygen atoms in total. The van der Waals surface area contributed by atoms with Crippen molar-refractivity contribution in [1.82, 2.24) is 19.6 Å². The quantitative estimate of drug-likeness (QED) is 0.897. The van der Waals surface area contributed by atoms with Crippen LogP contribution in [0.25, 0.3) is 0 Å². The Balaban J connectivity index is 2.28. The summed E-state index contributed by atoms with van der Waals surface area (Å²) in [4.78, 5) is 10.7. The third kappa shape index (κ3) is 2.16. The minimum Gasteiger partial charge on any atom is -0.476 e. The molecule has 2 aromatic heterocycles. The Bertz CT molecular complexity index is 573. The highest BCUT2D eigenvalue weighted by Gasteiger charge is 2.13. The number of carbonyl (C=O) groups is 1. The van der Waals surface area contributed by atoms with Crippen molar-refractivity contribution in [3.63, 3.8) is 0 Å². The molecule has 0 unspecified atom stereocenters. The molecule has 0 saturated carbocycles. The molecule has 2 aromatic rings. The predicted molar refractivity (Wildman–Crippen MR) is 61.2 cm³/mol. The first-order valence-electron chi connectivity index (χ1n) is 4.93. The minimum absolute atomic E-state index is 0.0139. The summed E-state index contributed by atoms with van der Waals surface area (Å²) in [5.74, 6) is -1.05. The van der Waals surface area contributed by atoms with Crippen LogP contribution in [0.15, 0.2) is 12.3 Å². The van der Waals surface area contributed by atoms with Gasteiger partial charge >= 0.3 is 5.97 Å². The average Bonchev–Trinajstić information content (AvgIpc) is 2.80. The van der Waals surface area contributed by atoms with Crippen LogP contribution in [0.4, 0.5) is 0 Å². The maximum atomic E-state index is 10.7. The molecule has 0 spiro atoms. The molecule has 7 heteroatoms. The number of aryl methyl sites for hydroxylation is 2. The van der Waals surface area contributed by atoms with Crippen LogP contribution in [0.5, 0.6) is 0 Å². The van der Waals surface area contributed by atoms with Crippen LogP contribution in [-0.4, -0.2) is 30.6 Å². The molecular formula is C10H11ClN4O2. The number of nitrogens with zero attached hydrogens (tertiary/aromatic N) is 4. The van der Waals surface area contributed by atoms with E-state index in [0.29, 0.717) is 11.6 Å². The highest BCUT2D eigenvalue weighted by atomic mass is 35.5. The van der Waals surface area contributed by atoms with E-state index >= 15 is 0 Å². The van der Waals surface area contributed by atoms with E-state index in [-0.39, 0.29) is 5.69 Å². The second-order valence-corrected chi connectivity index (χ2v) is 4.05. The predicted octanol–water partition coefficient (Wildman–Crippen LogP) is 1.32. The molecular weight excluding hydrogens is 244 g/mol. The van der Waals surface area contributed by atoms with Crippen LogP contribution < -0.4 is 0 Å². The molecule has 2 heterocycles. The maximum Gasteiger partial charge on any atom is 0.356 e. The number of hydrogen-bond donors (Lipinski definition) is 1. The van der Waals surface area contributed by atoms with Crippen molar-refractivity contribution < 1.29 is 9.90 Å². The summed E-state index contributed by atoms with van der Waals surface area (Å²) in [6.45, 7) is 2.21. The zero-order valence-electron chi connectivity index (χ0n) is 9.38. The van der Waals surface area contributed by atoms with Crippen molar-refractivity contribution in [3.8, 4) is 0 Å². The van der Waals surface area contributed by atoms with E-state index in [1.54, 1.807) is 17.9 Å². The topological polar surface area (TPSA) is 72.9 Å². The fourth-order valence-corrected chi connectivity index (χ4v) is 1.79. The summed E-state index contributed by atoms with van der Waals surface area (Å²) in [6, 6.07) is 1.44. The lowest BCUT2D eigenvalue weighted by atomic mass is 10.3. The largest absolute Gasteiger partial charge is 0.476 e. The SMILES string of the molecule is Cc1nn(C)c(Cn2ccc(C(=O)O)n2)c1Cl. The fraction of sp³-hybridized carbons (Fsp3) is 0.300. The molecule has 90 valence electrons. The van der Waals surface area contributed by atoms with Crippen molar-refractivity contribution in [2.24, 2.45) is 7.05 Å². The number of carboxylic acids is 1. The summed E-state index contributed by atoms with van der Waals surface area (Å²) < 4.78 is 3.19. The van der Waals surface area contributed by atoms with Gasteiger partial charge in [0, 0.05) is 13.2 Å². The lowest BCUT2D eigenvalue weighted by molar-refractivity contribution is 0.0689.